The van der Waals surface area contributed by atoms with E-state index in [4.69, 9.17) is 38.0 Å². The number of carbonyl (C=O) groups excluding carboxylic acids is 1. The molecule has 1 heterocycles. The van der Waals surface area contributed by atoms with E-state index in [1.165, 1.54) is 18.9 Å². The molecule has 5 nitrogen and oxygen atoms in total. The zero-order valence-electron chi connectivity index (χ0n) is 16.3. The number of nitrogens with one attached hydrogen (secondary N) is 1. The van der Waals surface area contributed by atoms with Crippen molar-refractivity contribution in [3.05, 3.63) is 70.1 Å². The van der Waals surface area contributed by atoms with Gasteiger partial charge in [0, 0.05) is 0 Å². The fraction of sp³-hybridized carbons (Fsp3) is 0.182. The summed E-state index contributed by atoms with van der Waals surface area (Å²) in [5, 5.41) is 2.95. The zero-order valence-corrected chi connectivity index (χ0v) is 18.7. The molecular formula is C22H20ClNO4S2. The largest absolute Gasteiger partial charge is 0.493 e. The molecule has 1 aliphatic heterocycles. The molecule has 2 aromatic rings. The van der Waals surface area contributed by atoms with Gasteiger partial charge in [0.05, 0.1) is 17.0 Å². The molecule has 0 aromatic heterocycles. The van der Waals surface area contributed by atoms with E-state index in [-0.39, 0.29) is 12.5 Å². The van der Waals surface area contributed by atoms with Gasteiger partial charge in [-0.05, 0) is 41.8 Å². The second-order valence-corrected chi connectivity index (χ2v) is 8.31. The summed E-state index contributed by atoms with van der Waals surface area (Å²) in [6, 6.07) is 11.3. The summed E-state index contributed by atoms with van der Waals surface area (Å²) >= 11 is 12.6. The number of hydrogen-bond acceptors (Lipinski definition) is 6. The molecule has 0 saturated carbocycles. The Kier molecular flexibility index (Phi) is 7.79. The van der Waals surface area contributed by atoms with Crippen molar-refractivity contribution in [3.8, 4) is 17.2 Å². The van der Waals surface area contributed by atoms with Gasteiger partial charge < -0.3 is 19.5 Å². The minimum absolute atomic E-state index is 0.227. The number of hydrogen-bond donors (Lipinski definition) is 1. The molecule has 1 fully saturated rings. The van der Waals surface area contributed by atoms with Crippen molar-refractivity contribution in [2.75, 3.05) is 20.3 Å². The fourth-order valence-electron chi connectivity index (χ4n) is 2.80. The fourth-order valence-corrected chi connectivity index (χ4v) is 4.12. The van der Waals surface area contributed by atoms with Crippen molar-refractivity contribution >= 4 is 51.9 Å². The molecule has 8 heteroatoms. The molecule has 1 N–H and O–H groups in total. The molecule has 1 aliphatic rings. The van der Waals surface area contributed by atoms with Gasteiger partial charge in [-0.15, -0.1) is 6.58 Å². The first kappa shape index (κ1) is 22.2. The van der Waals surface area contributed by atoms with Crippen molar-refractivity contribution in [1.29, 1.82) is 0 Å². The zero-order chi connectivity index (χ0) is 21.5. The van der Waals surface area contributed by atoms with Crippen LogP contribution in [0.5, 0.6) is 17.2 Å². The maximum absolute atomic E-state index is 11.9. The van der Waals surface area contributed by atoms with Gasteiger partial charge in [0.1, 0.15) is 23.3 Å². The van der Waals surface area contributed by atoms with Crippen LogP contribution in [-0.4, -0.2) is 30.6 Å². The Hall–Kier alpha value is -2.48. The number of ether oxygens (including phenoxy) is 3. The highest BCUT2D eigenvalue weighted by molar-refractivity contribution is 8.26. The highest BCUT2D eigenvalue weighted by atomic mass is 35.5. The van der Waals surface area contributed by atoms with Crippen LogP contribution in [0.2, 0.25) is 5.02 Å². The second-order valence-electron chi connectivity index (χ2n) is 6.18. The van der Waals surface area contributed by atoms with E-state index in [1.807, 2.05) is 30.3 Å². The smallest absolute Gasteiger partial charge is 0.263 e. The quantitative estimate of drug-likeness (QED) is 0.245. The van der Waals surface area contributed by atoms with Gasteiger partial charge in [-0.25, -0.2) is 0 Å². The van der Waals surface area contributed by atoms with Gasteiger partial charge in [-0.3, -0.25) is 4.79 Å². The Labute approximate surface area is 190 Å². The third kappa shape index (κ3) is 5.56. The third-order valence-corrected chi connectivity index (χ3v) is 5.56. The summed E-state index contributed by atoms with van der Waals surface area (Å²) in [5.74, 6) is 1.45. The average Bonchev–Trinajstić information content (AvgIpc) is 3.04. The van der Waals surface area contributed by atoms with Crippen LogP contribution < -0.4 is 19.5 Å². The Morgan fingerprint density at radius 3 is 2.67 bits per heavy atom. The lowest BCUT2D eigenvalue weighted by Gasteiger charge is -2.15. The predicted molar refractivity (Wildman–Crippen MR) is 126 cm³/mol. The molecule has 30 heavy (non-hydrogen) atoms. The molecule has 1 saturated heterocycles. The Morgan fingerprint density at radius 2 is 1.97 bits per heavy atom. The molecule has 0 spiro atoms. The van der Waals surface area contributed by atoms with Crippen LogP contribution in [0.4, 0.5) is 0 Å². The van der Waals surface area contributed by atoms with Crippen LogP contribution in [0.1, 0.15) is 11.1 Å². The van der Waals surface area contributed by atoms with Crippen LogP contribution in [0.15, 0.2) is 54.0 Å². The molecule has 0 unspecified atom stereocenters. The molecular weight excluding hydrogens is 442 g/mol. The number of thiocarbonyl (C=S) groups is 1. The minimum Gasteiger partial charge on any atom is -0.493 e. The van der Waals surface area contributed by atoms with Gasteiger partial charge in [0.15, 0.2) is 11.5 Å². The number of halogens is 1. The SMILES string of the molecule is C=CCc1ccccc1OCCOc1c(Cl)cc(/C=C2\SC(=S)NC2=O)cc1OC. The first-order valence-electron chi connectivity index (χ1n) is 9.08. The molecule has 3 rings (SSSR count). The molecule has 0 bridgehead atoms. The lowest BCUT2D eigenvalue weighted by atomic mass is 10.1. The normalized spacial score (nSPS) is 14.5. The van der Waals surface area contributed by atoms with Crippen LogP contribution in [0.3, 0.4) is 0 Å². The summed E-state index contributed by atoms with van der Waals surface area (Å²) in [6.45, 7) is 4.39. The van der Waals surface area contributed by atoms with E-state index in [0.29, 0.717) is 37.9 Å². The number of amides is 1. The first-order chi connectivity index (χ1) is 14.5. The van der Waals surface area contributed by atoms with E-state index >= 15 is 0 Å². The highest BCUT2D eigenvalue weighted by Gasteiger charge is 2.22. The summed E-state index contributed by atoms with van der Waals surface area (Å²) in [6.07, 6.45) is 4.27. The first-order valence-corrected chi connectivity index (χ1v) is 10.7. The van der Waals surface area contributed by atoms with E-state index in [9.17, 15) is 4.79 Å². The van der Waals surface area contributed by atoms with Crippen molar-refractivity contribution in [2.45, 2.75) is 6.42 Å². The van der Waals surface area contributed by atoms with Crippen LogP contribution >= 0.6 is 35.6 Å². The van der Waals surface area contributed by atoms with Gasteiger partial charge >= 0.3 is 0 Å². The van der Waals surface area contributed by atoms with Crippen molar-refractivity contribution in [2.24, 2.45) is 0 Å². The van der Waals surface area contributed by atoms with Crippen molar-refractivity contribution < 1.29 is 19.0 Å². The summed E-state index contributed by atoms with van der Waals surface area (Å²) in [7, 11) is 1.53. The minimum atomic E-state index is -0.227. The Morgan fingerprint density at radius 1 is 1.20 bits per heavy atom. The molecule has 0 radical (unpaired) electrons. The van der Waals surface area contributed by atoms with Crippen LogP contribution in [0, 0.1) is 0 Å². The molecule has 1 amide bonds. The van der Waals surface area contributed by atoms with E-state index in [1.54, 1.807) is 18.2 Å². The number of allylic oxidation sites excluding steroid dienone is 1. The number of rotatable bonds is 9. The Bertz CT molecular complexity index is 1010. The standard InChI is InChI=1S/C22H20ClNO4S2/c1-3-6-15-7-4-5-8-17(15)27-9-10-28-20-16(23)11-14(12-18(20)26-2)13-19-21(25)24-22(29)30-19/h3-5,7-8,11-13H,1,6,9-10H2,2H3,(H,24,25,29)/b19-13-. The predicted octanol–water partition coefficient (Wildman–Crippen LogP) is 5.02. The van der Waals surface area contributed by atoms with Crippen LogP contribution in [0.25, 0.3) is 6.08 Å². The highest BCUT2D eigenvalue weighted by Crippen LogP contribution is 2.38. The number of carbonyl (C=O) groups is 1. The summed E-state index contributed by atoms with van der Waals surface area (Å²) in [5.41, 5.74) is 1.77. The average molecular weight is 462 g/mol. The third-order valence-electron chi connectivity index (χ3n) is 4.12. The summed E-state index contributed by atoms with van der Waals surface area (Å²) in [4.78, 5) is 12.4. The molecule has 156 valence electrons. The lowest BCUT2D eigenvalue weighted by Crippen LogP contribution is -2.17. The number of benzene rings is 2. The van der Waals surface area contributed by atoms with Crippen molar-refractivity contribution in [1.82, 2.24) is 5.32 Å². The monoisotopic (exact) mass is 461 g/mol. The van der Waals surface area contributed by atoms with Gasteiger partial charge in [-0.1, -0.05) is 59.9 Å². The maximum Gasteiger partial charge on any atom is 0.263 e. The van der Waals surface area contributed by atoms with Crippen LogP contribution in [-0.2, 0) is 11.2 Å². The van der Waals surface area contributed by atoms with E-state index < -0.39 is 0 Å². The maximum atomic E-state index is 11.9. The second kappa shape index (κ2) is 10.5. The molecule has 0 atom stereocenters. The van der Waals surface area contributed by atoms with E-state index in [0.717, 1.165) is 17.7 Å². The van der Waals surface area contributed by atoms with E-state index in [2.05, 4.69) is 11.9 Å². The molecule has 2 aromatic carbocycles. The van der Waals surface area contributed by atoms with Gasteiger partial charge in [0.25, 0.3) is 5.91 Å². The van der Waals surface area contributed by atoms with Crippen molar-refractivity contribution in [3.63, 3.8) is 0 Å². The lowest BCUT2D eigenvalue weighted by molar-refractivity contribution is -0.115. The topological polar surface area (TPSA) is 56.8 Å². The number of methoxy groups -OCH3 is 1. The molecule has 0 aliphatic carbocycles. The number of para-hydroxylation sites is 1. The van der Waals surface area contributed by atoms with Gasteiger partial charge in [-0.2, -0.15) is 0 Å². The Balaban J connectivity index is 1.66. The number of thioether (sulfide) groups is 1. The van der Waals surface area contributed by atoms with Gasteiger partial charge in [0.2, 0.25) is 0 Å². The summed E-state index contributed by atoms with van der Waals surface area (Å²) < 4.78 is 17.5.